The third-order valence-electron chi connectivity index (χ3n) is 4.47. The smallest absolute Gasteiger partial charge is 0.212 e. The summed E-state index contributed by atoms with van der Waals surface area (Å²) in [4.78, 5) is 8.68. The number of rotatable bonds is 3. The van der Waals surface area contributed by atoms with Crippen LogP contribution < -0.4 is 10.6 Å². The van der Waals surface area contributed by atoms with Crippen molar-refractivity contribution in [2.75, 3.05) is 18.0 Å². The molecule has 0 unspecified atom stereocenters. The van der Waals surface area contributed by atoms with Gasteiger partial charge in [-0.3, -0.25) is 0 Å². The Hall–Kier alpha value is -1.54. The summed E-state index contributed by atoms with van der Waals surface area (Å²) in [5.41, 5.74) is 6.85. The summed E-state index contributed by atoms with van der Waals surface area (Å²) in [6.45, 7) is 1.81. The number of hydrogen-bond acceptors (Lipinski definition) is 6. The van der Waals surface area contributed by atoms with Gasteiger partial charge in [-0.2, -0.15) is 0 Å². The number of fused-ring (bicyclic) bond motifs is 1. The minimum Gasteiger partial charge on any atom is -0.342 e. The molecule has 0 saturated carbocycles. The Labute approximate surface area is 165 Å². The van der Waals surface area contributed by atoms with Crippen molar-refractivity contribution in [3.05, 3.63) is 40.8 Å². The summed E-state index contributed by atoms with van der Waals surface area (Å²) in [6, 6.07) is 5.83. The Morgan fingerprint density at radius 1 is 1.15 bits per heavy atom. The molecule has 0 amide bonds. The molecule has 26 heavy (non-hydrogen) atoms. The predicted octanol–water partition coefficient (Wildman–Crippen LogP) is 3.90. The van der Waals surface area contributed by atoms with Crippen LogP contribution in [0.1, 0.15) is 19.3 Å². The molecule has 0 aliphatic carbocycles. The van der Waals surface area contributed by atoms with Gasteiger partial charge in [0.1, 0.15) is 6.33 Å². The largest absolute Gasteiger partial charge is 0.342 e. The normalized spacial score (nSPS) is 18.3. The van der Waals surface area contributed by atoms with E-state index in [4.69, 9.17) is 28.9 Å². The lowest BCUT2D eigenvalue weighted by atomic mass is 10.1. The van der Waals surface area contributed by atoms with Gasteiger partial charge in [0.2, 0.25) is 5.95 Å². The average molecular weight is 409 g/mol. The predicted molar refractivity (Wildman–Crippen MR) is 105 cm³/mol. The maximum Gasteiger partial charge on any atom is 0.212 e. The summed E-state index contributed by atoms with van der Waals surface area (Å²) in [5, 5.41) is 9.43. The van der Waals surface area contributed by atoms with Crippen LogP contribution in [0.4, 0.5) is 5.95 Å². The van der Waals surface area contributed by atoms with E-state index in [1.165, 1.54) is 11.8 Å². The lowest BCUT2D eigenvalue weighted by Crippen LogP contribution is -2.28. The van der Waals surface area contributed by atoms with Crippen molar-refractivity contribution in [1.29, 1.82) is 0 Å². The molecule has 136 valence electrons. The van der Waals surface area contributed by atoms with E-state index in [1.54, 1.807) is 12.4 Å². The first-order valence-corrected chi connectivity index (χ1v) is 10.0. The molecule has 1 aliphatic heterocycles. The van der Waals surface area contributed by atoms with Crippen molar-refractivity contribution >= 4 is 46.6 Å². The lowest BCUT2D eigenvalue weighted by Gasteiger charge is -2.22. The second kappa shape index (κ2) is 7.60. The Balaban J connectivity index is 1.69. The Morgan fingerprint density at radius 2 is 2.04 bits per heavy atom. The first-order valence-electron chi connectivity index (χ1n) is 8.44. The fraction of sp³-hybridized carbons (Fsp3) is 0.353. The fourth-order valence-electron chi connectivity index (χ4n) is 3.10. The number of hydrogen-bond donors (Lipinski definition) is 1. The minimum atomic E-state index is 0.260. The van der Waals surface area contributed by atoms with Crippen molar-refractivity contribution in [2.24, 2.45) is 5.73 Å². The first kappa shape index (κ1) is 17.9. The standard InChI is InChI=1S/C17H18Cl2N6S/c18-12-4-1-5-13(15(12)19)26-14-9-21-17(25-10-22-23-16(14)25)24-7-2-3-11(20)6-8-24/h1,4-5,9-11H,2-3,6-8,20H2/t11-/m1/s1. The number of aromatic nitrogens is 4. The topological polar surface area (TPSA) is 72.3 Å². The Bertz CT molecular complexity index is 931. The van der Waals surface area contributed by atoms with Gasteiger partial charge >= 0.3 is 0 Å². The van der Waals surface area contributed by atoms with Gasteiger partial charge < -0.3 is 10.6 Å². The molecule has 1 atom stereocenters. The van der Waals surface area contributed by atoms with Crippen molar-refractivity contribution in [1.82, 2.24) is 19.6 Å². The molecular formula is C17H18Cl2N6S. The molecule has 3 heterocycles. The number of benzene rings is 1. The maximum absolute atomic E-state index is 6.32. The molecule has 2 N–H and O–H groups in total. The highest BCUT2D eigenvalue weighted by Gasteiger charge is 2.20. The molecule has 4 rings (SSSR count). The van der Waals surface area contributed by atoms with Crippen LogP contribution in [0.5, 0.6) is 0 Å². The summed E-state index contributed by atoms with van der Waals surface area (Å²) in [6.07, 6.45) is 6.59. The molecule has 6 nitrogen and oxygen atoms in total. The molecule has 0 bridgehead atoms. The summed E-state index contributed by atoms with van der Waals surface area (Å²) < 4.78 is 1.93. The van der Waals surface area contributed by atoms with Gasteiger partial charge in [0.25, 0.3) is 0 Å². The number of halogens is 2. The SMILES string of the molecule is N[C@@H]1CCCN(c2ncc(Sc3cccc(Cl)c3Cl)c3nncn23)CC1. The van der Waals surface area contributed by atoms with E-state index in [1.807, 2.05) is 22.7 Å². The third kappa shape index (κ3) is 3.49. The highest BCUT2D eigenvalue weighted by molar-refractivity contribution is 7.99. The zero-order chi connectivity index (χ0) is 18.1. The van der Waals surface area contributed by atoms with E-state index in [0.717, 1.165) is 53.7 Å². The maximum atomic E-state index is 6.32. The van der Waals surface area contributed by atoms with Crippen molar-refractivity contribution < 1.29 is 0 Å². The van der Waals surface area contributed by atoms with Crippen LogP contribution in [0.2, 0.25) is 10.0 Å². The minimum absolute atomic E-state index is 0.260. The van der Waals surface area contributed by atoms with E-state index >= 15 is 0 Å². The van der Waals surface area contributed by atoms with Crippen LogP contribution in [0.3, 0.4) is 0 Å². The highest BCUT2D eigenvalue weighted by Crippen LogP contribution is 2.38. The van der Waals surface area contributed by atoms with Crippen LogP contribution in [-0.4, -0.2) is 38.7 Å². The molecule has 1 aromatic carbocycles. The van der Waals surface area contributed by atoms with Gasteiger partial charge in [-0.25, -0.2) is 9.38 Å². The van der Waals surface area contributed by atoms with Gasteiger partial charge in [0.15, 0.2) is 5.65 Å². The van der Waals surface area contributed by atoms with E-state index in [2.05, 4.69) is 20.1 Å². The first-order chi connectivity index (χ1) is 12.6. The van der Waals surface area contributed by atoms with Crippen LogP contribution >= 0.6 is 35.0 Å². The number of nitrogens with two attached hydrogens (primary N) is 1. The molecule has 0 radical (unpaired) electrons. The summed E-state index contributed by atoms with van der Waals surface area (Å²) >= 11 is 13.9. The van der Waals surface area contributed by atoms with Gasteiger partial charge in [-0.05, 0) is 31.4 Å². The van der Waals surface area contributed by atoms with Gasteiger partial charge in [0, 0.05) is 30.2 Å². The molecule has 1 aliphatic rings. The van der Waals surface area contributed by atoms with Crippen LogP contribution in [-0.2, 0) is 0 Å². The molecule has 0 spiro atoms. The molecule has 2 aromatic heterocycles. The summed E-state index contributed by atoms with van der Waals surface area (Å²) in [5.74, 6) is 0.848. The van der Waals surface area contributed by atoms with Crippen LogP contribution in [0.15, 0.2) is 40.5 Å². The van der Waals surface area contributed by atoms with Crippen molar-refractivity contribution in [2.45, 2.75) is 35.1 Å². The van der Waals surface area contributed by atoms with E-state index < -0.39 is 0 Å². The Morgan fingerprint density at radius 3 is 2.92 bits per heavy atom. The van der Waals surface area contributed by atoms with Gasteiger partial charge in [0.05, 0.1) is 14.9 Å². The average Bonchev–Trinajstić information content (AvgIpc) is 3.03. The van der Waals surface area contributed by atoms with E-state index in [9.17, 15) is 0 Å². The summed E-state index contributed by atoms with van der Waals surface area (Å²) in [7, 11) is 0. The fourth-order valence-corrected chi connectivity index (χ4v) is 4.49. The molecule has 1 fully saturated rings. The van der Waals surface area contributed by atoms with Crippen LogP contribution in [0.25, 0.3) is 5.65 Å². The van der Waals surface area contributed by atoms with Crippen molar-refractivity contribution in [3.8, 4) is 0 Å². The zero-order valence-electron chi connectivity index (χ0n) is 14.0. The second-order valence-corrected chi connectivity index (χ2v) is 8.15. The molecule has 9 heteroatoms. The van der Waals surface area contributed by atoms with Crippen molar-refractivity contribution in [3.63, 3.8) is 0 Å². The Kier molecular flexibility index (Phi) is 5.22. The quantitative estimate of drug-likeness (QED) is 0.708. The molecule has 1 saturated heterocycles. The van der Waals surface area contributed by atoms with Gasteiger partial charge in [-0.15, -0.1) is 10.2 Å². The van der Waals surface area contributed by atoms with Gasteiger partial charge in [-0.1, -0.05) is 41.0 Å². The highest BCUT2D eigenvalue weighted by atomic mass is 35.5. The van der Waals surface area contributed by atoms with E-state index in [0.29, 0.717) is 10.0 Å². The van der Waals surface area contributed by atoms with E-state index in [-0.39, 0.29) is 6.04 Å². The molecular weight excluding hydrogens is 391 g/mol. The lowest BCUT2D eigenvalue weighted by molar-refractivity contribution is 0.601. The number of nitrogens with zero attached hydrogens (tertiary/aromatic N) is 5. The zero-order valence-corrected chi connectivity index (χ0v) is 16.3. The number of anilines is 1. The third-order valence-corrected chi connectivity index (χ3v) is 6.47. The second-order valence-electron chi connectivity index (χ2n) is 6.28. The molecule has 3 aromatic rings. The van der Waals surface area contributed by atoms with Crippen LogP contribution in [0, 0.1) is 0 Å². The monoisotopic (exact) mass is 408 g/mol.